The van der Waals surface area contributed by atoms with Gasteiger partial charge in [0.25, 0.3) is 5.95 Å². The topological polar surface area (TPSA) is 75.7 Å². The van der Waals surface area contributed by atoms with E-state index in [1.54, 1.807) is 7.11 Å². The van der Waals surface area contributed by atoms with Gasteiger partial charge in [0, 0.05) is 6.54 Å². The Morgan fingerprint density at radius 2 is 2.13 bits per heavy atom. The van der Waals surface area contributed by atoms with Crippen LogP contribution in [0.4, 0.5) is 5.95 Å². The summed E-state index contributed by atoms with van der Waals surface area (Å²) < 4.78 is 5.06. The molecule has 2 aromatic rings. The van der Waals surface area contributed by atoms with E-state index in [1.165, 1.54) is 0 Å². The SMILES string of the molecule is COc1ccc(CNc2nn[nH]n2)cc1. The average molecular weight is 205 g/mol. The third-order valence-electron chi connectivity index (χ3n) is 1.96. The number of methoxy groups -OCH3 is 1. The lowest BCUT2D eigenvalue weighted by atomic mass is 10.2. The molecule has 0 unspecified atom stereocenters. The first kappa shape index (κ1) is 9.45. The maximum atomic E-state index is 5.06. The van der Waals surface area contributed by atoms with Crippen molar-refractivity contribution in [3.8, 4) is 5.75 Å². The van der Waals surface area contributed by atoms with Gasteiger partial charge in [-0.2, -0.15) is 5.21 Å². The summed E-state index contributed by atoms with van der Waals surface area (Å²) in [7, 11) is 1.65. The summed E-state index contributed by atoms with van der Waals surface area (Å²) in [6.07, 6.45) is 0. The number of rotatable bonds is 4. The van der Waals surface area contributed by atoms with Crippen molar-refractivity contribution in [3.05, 3.63) is 29.8 Å². The van der Waals surface area contributed by atoms with E-state index >= 15 is 0 Å². The Balaban J connectivity index is 1.93. The van der Waals surface area contributed by atoms with Gasteiger partial charge in [0.15, 0.2) is 0 Å². The molecule has 78 valence electrons. The number of tetrazole rings is 1. The van der Waals surface area contributed by atoms with Gasteiger partial charge < -0.3 is 10.1 Å². The summed E-state index contributed by atoms with van der Waals surface area (Å²) in [5.41, 5.74) is 1.13. The Kier molecular flexibility index (Phi) is 2.77. The molecule has 0 amide bonds. The lowest BCUT2D eigenvalue weighted by molar-refractivity contribution is 0.414. The average Bonchev–Trinajstić information content (AvgIpc) is 2.80. The molecule has 0 fully saturated rings. The monoisotopic (exact) mass is 205 g/mol. The molecule has 0 saturated heterocycles. The fourth-order valence-corrected chi connectivity index (χ4v) is 1.16. The fourth-order valence-electron chi connectivity index (χ4n) is 1.16. The molecule has 0 radical (unpaired) electrons. The van der Waals surface area contributed by atoms with Gasteiger partial charge in [-0.05, 0) is 22.9 Å². The number of hydrogen-bond acceptors (Lipinski definition) is 5. The summed E-state index contributed by atoms with van der Waals surface area (Å²) in [5.74, 6) is 1.34. The molecule has 0 saturated carbocycles. The number of anilines is 1. The Bertz CT molecular complexity index is 397. The number of hydrogen-bond donors (Lipinski definition) is 2. The van der Waals surface area contributed by atoms with Gasteiger partial charge in [-0.3, -0.25) is 0 Å². The van der Waals surface area contributed by atoms with Gasteiger partial charge in [0.2, 0.25) is 0 Å². The molecule has 0 aliphatic heterocycles. The number of ether oxygens (including phenoxy) is 1. The molecule has 2 rings (SSSR count). The van der Waals surface area contributed by atoms with Crippen LogP contribution in [-0.4, -0.2) is 27.7 Å². The number of H-pyrrole nitrogens is 1. The van der Waals surface area contributed by atoms with E-state index in [0.717, 1.165) is 11.3 Å². The second kappa shape index (κ2) is 4.41. The summed E-state index contributed by atoms with van der Waals surface area (Å²) in [5, 5.41) is 16.4. The largest absolute Gasteiger partial charge is 0.497 e. The zero-order chi connectivity index (χ0) is 10.5. The molecule has 15 heavy (non-hydrogen) atoms. The van der Waals surface area contributed by atoms with Crippen molar-refractivity contribution in [2.75, 3.05) is 12.4 Å². The second-order valence-electron chi connectivity index (χ2n) is 2.94. The van der Waals surface area contributed by atoms with Crippen molar-refractivity contribution in [1.29, 1.82) is 0 Å². The number of aromatic nitrogens is 4. The highest BCUT2D eigenvalue weighted by molar-refractivity contribution is 5.30. The highest BCUT2D eigenvalue weighted by atomic mass is 16.5. The van der Waals surface area contributed by atoms with E-state index in [9.17, 15) is 0 Å². The van der Waals surface area contributed by atoms with E-state index in [0.29, 0.717) is 12.5 Å². The van der Waals surface area contributed by atoms with Crippen molar-refractivity contribution >= 4 is 5.95 Å². The number of nitrogens with zero attached hydrogens (tertiary/aromatic N) is 3. The van der Waals surface area contributed by atoms with E-state index in [4.69, 9.17) is 4.74 Å². The van der Waals surface area contributed by atoms with Crippen LogP contribution >= 0.6 is 0 Å². The van der Waals surface area contributed by atoms with Gasteiger partial charge in [0.1, 0.15) is 5.75 Å². The Labute approximate surface area is 86.7 Å². The van der Waals surface area contributed by atoms with Gasteiger partial charge in [-0.1, -0.05) is 17.2 Å². The highest BCUT2D eigenvalue weighted by Gasteiger charge is 1.97. The Morgan fingerprint density at radius 3 is 2.73 bits per heavy atom. The number of benzene rings is 1. The molecule has 1 aromatic carbocycles. The summed E-state index contributed by atoms with van der Waals surface area (Å²) in [4.78, 5) is 0. The molecule has 6 nitrogen and oxygen atoms in total. The third-order valence-corrected chi connectivity index (χ3v) is 1.96. The molecule has 0 bridgehead atoms. The molecular formula is C9H11N5O. The van der Waals surface area contributed by atoms with Crippen LogP contribution in [0.1, 0.15) is 5.56 Å². The fraction of sp³-hybridized carbons (Fsp3) is 0.222. The minimum Gasteiger partial charge on any atom is -0.497 e. The van der Waals surface area contributed by atoms with Gasteiger partial charge >= 0.3 is 0 Å². The molecule has 0 spiro atoms. The summed E-state index contributed by atoms with van der Waals surface area (Å²) in [6, 6.07) is 7.78. The molecular weight excluding hydrogens is 194 g/mol. The highest BCUT2D eigenvalue weighted by Crippen LogP contribution is 2.11. The predicted molar refractivity (Wildman–Crippen MR) is 54.5 cm³/mol. The quantitative estimate of drug-likeness (QED) is 0.772. The van der Waals surface area contributed by atoms with Crippen LogP contribution in [0.5, 0.6) is 5.75 Å². The van der Waals surface area contributed by atoms with Crippen molar-refractivity contribution in [1.82, 2.24) is 20.6 Å². The lowest BCUT2D eigenvalue weighted by Crippen LogP contribution is -2.00. The van der Waals surface area contributed by atoms with Crippen molar-refractivity contribution in [2.24, 2.45) is 0 Å². The first-order chi connectivity index (χ1) is 7.38. The molecule has 0 aliphatic rings. The number of nitrogens with one attached hydrogen (secondary N) is 2. The van der Waals surface area contributed by atoms with Gasteiger partial charge in [-0.15, -0.1) is 5.10 Å². The maximum absolute atomic E-state index is 5.06. The first-order valence-corrected chi connectivity index (χ1v) is 4.49. The minimum absolute atomic E-state index is 0.491. The van der Waals surface area contributed by atoms with Crippen LogP contribution in [0.3, 0.4) is 0 Å². The number of aromatic amines is 1. The standard InChI is InChI=1S/C9H11N5O/c1-15-8-4-2-7(3-5-8)6-10-9-11-13-14-12-9/h2-5H,6H2,1H3,(H2,10,11,12,13,14). The van der Waals surface area contributed by atoms with Crippen LogP contribution in [0, 0.1) is 0 Å². The third kappa shape index (κ3) is 2.43. The van der Waals surface area contributed by atoms with E-state index in [-0.39, 0.29) is 0 Å². The second-order valence-corrected chi connectivity index (χ2v) is 2.94. The summed E-state index contributed by atoms with van der Waals surface area (Å²) >= 11 is 0. The van der Waals surface area contributed by atoms with Crippen LogP contribution < -0.4 is 10.1 Å². The van der Waals surface area contributed by atoms with Crippen molar-refractivity contribution in [3.63, 3.8) is 0 Å². The van der Waals surface area contributed by atoms with Crippen LogP contribution in [0.15, 0.2) is 24.3 Å². The minimum atomic E-state index is 0.491. The van der Waals surface area contributed by atoms with Crippen LogP contribution in [-0.2, 0) is 6.54 Å². The predicted octanol–water partition coefficient (Wildman–Crippen LogP) is 0.820. The lowest BCUT2D eigenvalue weighted by Gasteiger charge is -2.03. The van der Waals surface area contributed by atoms with E-state index < -0.39 is 0 Å². The molecule has 2 N–H and O–H groups in total. The van der Waals surface area contributed by atoms with Crippen molar-refractivity contribution < 1.29 is 4.74 Å². The first-order valence-electron chi connectivity index (χ1n) is 4.49. The van der Waals surface area contributed by atoms with Crippen LogP contribution in [0.25, 0.3) is 0 Å². The maximum Gasteiger partial charge on any atom is 0.263 e. The van der Waals surface area contributed by atoms with Crippen LogP contribution in [0.2, 0.25) is 0 Å². The molecule has 1 aromatic heterocycles. The van der Waals surface area contributed by atoms with E-state index in [2.05, 4.69) is 25.9 Å². The zero-order valence-corrected chi connectivity index (χ0v) is 8.27. The molecule has 0 atom stereocenters. The molecule has 0 aliphatic carbocycles. The zero-order valence-electron chi connectivity index (χ0n) is 8.27. The molecule has 6 heteroatoms. The van der Waals surface area contributed by atoms with Crippen molar-refractivity contribution in [2.45, 2.75) is 6.54 Å². The van der Waals surface area contributed by atoms with Gasteiger partial charge in [-0.25, -0.2) is 0 Å². The Morgan fingerprint density at radius 1 is 1.33 bits per heavy atom. The molecule has 1 heterocycles. The Hall–Kier alpha value is -2.11. The summed E-state index contributed by atoms with van der Waals surface area (Å²) in [6.45, 7) is 0.656. The van der Waals surface area contributed by atoms with Gasteiger partial charge in [0.05, 0.1) is 7.11 Å². The smallest absolute Gasteiger partial charge is 0.263 e. The van der Waals surface area contributed by atoms with E-state index in [1.807, 2.05) is 24.3 Å². The normalized spacial score (nSPS) is 9.93.